The molecule has 2 aromatic heterocycles. The van der Waals surface area contributed by atoms with E-state index in [4.69, 9.17) is 0 Å². The van der Waals surface area contributed by atoms with Gasteiger partial charge < -0.3 is 5.11 Å². The summed E-state index contributed by atoms with van der Waals surface area (Å²) in [5, 5.41) is 15.3. The van der Waals surface area contributed by atoms with E-state index in [0.717, 1.165) is 11.3 Å². The van der Waals surface area contributed by atoms with Gasteiger partial charge in [0.15, 0.2) is 15.5 Å². The molecule has 3 aromatic rings. The largest absolute Gasteiger partial charge is 0.476 e. The fraction of sp³-hybridized carbons (Fsp3) is 0.0667. The number of hydrogen-bond donors (Lipinski definition) is 1. The minimum Gasteiger partial charge on any atom is -0.476 e. The topological polar surface area (TPSA) is 89.3 Å². The number of rotatable bonds is 2. The zero-order chi connectivity index (χ0) is 16.2. The van der Waals surface area contributed by atoms with E-state index in [9.17, 15) is 18.3 Å². The highest BCUT2D eigenvalue weighted by molar-refractivity contribution is 7.93. The average molecular weight is 346 g/mol. The number of aromatic carboxylic acids is 1. The molecule has 116 valence electrons. The standard InChI is InChI=1S/C15H10N2O4S2/c18-14(19)12-11-8-23(20,21)15-10(6-7-22-15)13(11)17(16-12)9-4-2-1-3-5-9/h1-7H,8H2,(H,18,19). The van der Waals surface area contributed by atoms with Crippen molar-refractivity contribution < 1.29 is 18.3 Å². The summed E-state index contributed by atoms with van der Waals surface area (Å²) in [6.07, 6.45) is 0. The monoisotopic (exact) mass is 346 g/mol. The van der Waals surface area contributed by atoms with Gasteiger partial charge in [0, 0.05) is 11.1 Å². The molecule has 0 saturated heterocycles. The Morgan fingerprint density at radius 3 is 2.65 bits per heavy atom. The molecule has 0 unspecified atom stereocenters. The molecule has 0 amide bonds. The van der Waals surface area contributed by atoms with Gasteiger partial charge in [-0.05, 0) is 23.6 Å². The van der Waals surface area contributed by atoms with Crippen LogP contribution in [-0.2, 0) is 15.6 Å². The van der Waals surface area contributed by atoms with Gasteiger partial charge in [0.2, 0.25) is 0 Å². The van der Waals surface area contributed by atoms with Crippen molar-refractivity contribution in [2.45, 2.75) is 9.96 Å². The lowest BCUT2D eigenvalue weighted by molar-refractivity contribution is 0.0689. The van der Waals surface area contributed by atoms with E-state index < -0.39 is 15.8 Å². The zero-order valence-corrected chi connectivity index (χ0v) is 13.3. The first-order valence-corrected chi connectivity index (χ1v) is 9.23. The van der Waals surface area contributed by atoms with Crippen LogP contribution in [0.15, 0.2) is 46.0 Å². The first-order chi connectivity index (χ1) is 11.0. The molecule has 0 radical (unpaired) electrons. The summed E-state index contributed by atoms with van der Waals surface area (Å²) in [7, 11) is -3.54. The van der Waals surface area contributed by atoms with E-state index in [-0.39, 0.29) is 21.2 Å². The van der Waals surface area contributed by atoms with Gasteiger partial charge in [0.1, 0.15) is 4.21 Å². The molecule has 0 atom stereocenters. The first-order valence-electron chi connectivity index (χ1n) is 6.70. The molecular formula is C15H10N2O4S2. The predicted molar refractivity (Wildman–Crippen MR) is 84.7 cm³/mol. The molecule has 4 rings (SSSR count). The number of carbonyl (C=O) groups is 1. The van der Waals surface area contributed by atoms with Crippen molar-refractivity contribution in [3.63, 3.8) is 0 Å². The van der Waals surface area contributed by atoms with E-state index in [0.29, 0.717) is 16.9 Å². The molecule has 0 fully saturated rings. The lowest BCUT2D eigenvalue weighted by Gasteiger charge is -2.15. The van der Waals surface area contributed by atoms with Crippen LogP contribution in [-0.4, -0.2) is 29.3 Å². The van der Waals surface area contributed by atoms with Crippen molar-refractivity contribution in [3.05, 3.63) is 53.0 Å². The number of para-hydroxylation sites is 1. The zero-order valence-electron chi connectivity index (χ0n) is 11.6. The Labute approximate surface area is 135 Å². The third kappa shape index (κ3) is 2.02. The highest BCUT2D eigenvalue weighted by atomic mass is 32.2. The number of sulfone groups is 1. The highest BCUT2D eigenvalue weighted by Gasteiger charge is 2.36. The van der Waals surface area contributed by atoms with E-state index in [1.165, 1.54) is 4.68 Å². The maximum atomic E-state index is 12.4. The molecule has 0 bridgehead atoms. The molecule has 1 aromatic carbocycles. The quantitative estimate of drug-likeness (QED) is 0.770. The number of carboxylic acid groups (broad SMARTS) is 1. The molecule has 6 nitrogen and oxygen atoms in total. The van der Waals surface area contributed by atoms with E-state index in [1.807, 2.05) is 18.2 Å². The summed E-state index contributed by atoms with van der Waals surface area (Å²) in [5.74, 6) is -1.57. The Balaban J connectivity index is 2.10. The number of carboxylic acids is 1. The van der Waals surface area contributed by atoms with Gasteiger partial charge in [-0.15, -0.1) is 11.3 Å². The molecule has 23 heavy (non-hydrogen) atoms. The van der Waals surface area contributed by atoms with Crippen LogP contribution in [0.5, 0.6) is 0 Å². The minimum absolute atomic E-state index is 0.218. The SMILES string of the molecule is O=C(O)c1nn(-c2ccccc2)c2c1CS(=O)(=O)c1sccc1-2. The van der Waals surface area contributed by atoms with Gasteiger partial charge in [-0.1, -0.05) is 18.2 Å². The fourth-order valence-electron chi connectivity index (χ4n) is 2.76. The Morgan fingerprint density at radius 2 is 1.96 bits per heavy atom. The molecule has 8 heteroatoms. The van der Waals surface area contributed by atoms with Crippen LogP contribution in [0.25, 0.3) is 16.9 Å². The molecule has 1 aliphatic rings. The number of hydrogen-bond acceptors (Lipinski definition) is 5. The van der Waals surface area contributed by atoms with Crippen molar-refractivity contribution >= 4 is 27.1 Å². The predicted octanol–water partition coefficient (Wildman–Crippen LogP) is 2.59. The maximum Gasteiger partial charge on any atom is 0.356 e. The van der Waals surface area contributed by atoms with Crippen LogP contribution in [0.1, 0.15) is 16.1 Å². The smallest absolute Gasteiger partial charge is 0.356 e. The summed E-state index contributed by atoms with van der Waals surface area (Å²) >= 11 is 1.14. The van der Waals surface area contributed by atoms with Crippen LogP contribution >= 0.6 is 11.3 Å². The second-order valence-corrected chi connectivity index (χ2v) is 8.21. The molecule has 1 N–H and O–H groups in total. The average Bonchev–Trinajstić information content (AvgIpc) is 3.12. The highest BCUT2D eigenvalue weighted by Crippen LogP contribution is 2.43. The lowest BCUT2D eigenvalue weighted by Crippen LogP contribution is -2.13. The summed E-state index contributed by atoms with van der Waals surface area (Å²) < 4.78 is 26.6. The van der Waals surface area contributed by atoms with E-state index in [1.54, 1.807) is 23.6 Å². The maximum absolute atomic E-state index is 12.4. The third-order valence-corrected chi connectivity index (χ3v) is 6.90. The van der Waals surface area contributed by atoms with Gasteiger partial charge in [-0.3, -0.25) is 0 Å². The minimum atomic E-state index is -3.54. The normalized spacial score (nSPS) is 15.0. The van der Waals surface area contributed by atoms with Gasteiger partial charge in [0.25, 0.3) is 0 Å². The van der Waals surface area contributed by atoms with E-state index >= 15 is 0 Å². The fourth-order valence-corrected chi connectivity index (χ4v) is 5.59. The van der Waals surface area contributed by atoms with Crippen LogP contribution in [0.4, 0.5) is 0 Å². The molecular weight excluding hydrogens is 336 g/mol. The Hall–Kier alpha value is -2.45. The molecule has 0 aliphatic carbocycles. The lowest BCUT2D eigenvalue weighted by atomic mass is 10.1. The van der Waals surface area contributed by atoms with Crippen LogP contribution < -0.4 is 0 Å². The third-order valence-electron chi connectivity index (χ3n) is 3.69. The summed E-state index contributed by atoms with van der Waals surface area (Å²) in [6.45, 7) is 0. The summed E-state index contributed by atoms with van der Waals surface area (Å²) in [5.41, 5.74) is 1.77. The van der Waals surface area contributed by atoms with E-state index in [2.05, 4.69) is 5.10 Å². The second kappa shape index (κ2) is 4.77. The summed E-state index contributed by atoms with van der Waals surface area (Å²) in [4.78, 5) is 11.5. The Kier molecular flexibility index (Phi) is 2.94. The molecule has 1 aliphatic heterocycles. The van der Waals surface area contributed by atoms with Crippen molar-refractivity contribution in [2.75, 3.05) is 0 Å². The Bertz CT molecular complexity index is 1030. The Morgan fingerprint density at radius 1 is 1.22 bits per heavy atom. The van der Waals surface area contributed by atoms with Crippen LogP contribution in [0, 0.1) is 0 Å². The van der Waals surface area contributed by atoms with Gasteiger partial charge in [-0.25, -0.2) is 17.9 Å². The number of nitrogens with zero attached hydrogens (tertiary/aromatic N) is 2. The number of thiophene rings is 1. The van der Waals surface area contributed by atoms with Crippen molar-refractivity contribution in [1.29, 1.82) is 0 Å². The van der Waals surface area contributed by atoms with Crippen LogP contribution in [0.2, 0.25) is 0 Å². The van der Waals surface area contributed by atoms with Crippen LogP contribution in [0.3, 0.4) is 0 Å². The molecule has 0 spiro atoms. The number of benzene rings is 1. The van der Waals surface area contributed by atoms with Gasteiger partial charge in [0.05, 0.1) is 17.1 Å². The second-order valence-electron chi connectivity index (χ2n) is 5.11. The van der Waals surface area contributed by atoms with Crippen molar-refractivity contribution in [1.82, 2.24) is 9.78 Å². The summed E-state index contributed by atoms with van der Waals surface area (Å²) in [6, 6.07) is 10.8. The number of aromatic nitrogens is 2. The van der Waals surface area contributed by atoms with Crippen molar-refractivity contribution in [2.24, 2.45) is 0 Å². The number of fused-ring (bicyclic) bond motifs is 3. The van der Waals surface area contributed by atoms with Gasteiger partial charge >= 0.3 is 5.97 Å². The van der Waals surface area contributed by atoms with Crippen molar-refractivity contribution in [3.8, 4) is 16.9 Å². The van der Waals surface area contributed by atoms with Gasteiger partial charge in [-0.2, -0.15) is 5.10 Å². The molecule has 0 saturated carbocycles. The first kappa shape index (κ1) is 14.2. The molecule has 3 heterocycles.